The van der Waals surface area contributed by atoms with Gasteiger partial charge in [-0.2, -0.15) is 0 Å². The topological polar surface area (TPSA) is 63.0 Å². The van der Waals surface area contributed by atoms with E-state index in [1.807, 2.05) is 9.80 Å². The average molecular weight is 362 g/mol. The molecule has 0 unspecified atom stereocenters. The number of ether oxygens (including phenoxy) is 1. The molecule has 0 atom stereocenters. The molecule has 0 N–H and O–H groups in total. The summed E-state index contributed by atoms with van der Waals surface area (Å²) in [6.07, 6.45) is 4.42. The third kappa shape index (κ3) is 3.30. The van der Waals surface area contributed by atoms with Gasteiger partial charge in [-0.15, -0.1) is 11.3 Å². The highest BCUT2D eigenvalue weighted by atomic mass is 32.1. The van der Waals surface area contributed by atoms with Crippen molar-refractivity contribution in [1.82, 2.24) is 4.90 Å². The van der Waals surface area contributed by atoms with Crippen LogP contribution < -0.4 is 10.3 Å². The van der Waals surface area contributed by atoms with E-state index in [1.165, 1.54) is 30.2 Å². The van der Waals surface area contributed by atoms with E-state index < -0.39 is 0 Å². The molecule has 2 aliphatic rings. The summed E-state index contributed by atoms with van der Waals surface area (Å²) in [7, 11) is 0. The molecular formula is C18H22N2O4S. The summed E-state index contributed by atoms with van der Waals surface area (Å²) in [6, 6.07) is 1.53. The van der Waals surface area contributed by atoms with E-state index in [0.717, 1.165) is 25.9 Å². The second kappa shape index (κ2) is 7.17. The van der Waals surface area contributed by atoms with Gasteiger partial charge in [-0.25, -0.2) is 0 Å². The largest absolute Gasteiger partial charge is 0.439 e. The number of hydrogen-bond donors (Lipinski definition) is 0. The van der Waals surface area contributed by atoms with Gasteiger partial charge in [0, 0.05) is 37.6 Å². The number of carbonyl (C=O) groups excluding carboxylic acids is 1. The Balaban J connectivity index is 1.70. The molecule has 6 nitrogen and oxygen atoms in total. The number of morpholine rings is 1. The Morgan fingerprint density at radius 2 is 1.76 bits per heavy atom. The van der Waals surface area contributed by atoms with Crippen LogP contribution in [0.25, 0.3) is 10.3 Å². The molecule has 0 bridgehead atoms. The molecule has 4 heterocycles. The third-order valence-electron chi connectivity index (χ3n) is 4.88. The van der Waals surface area contributed by atoms with Gasteiger partial charge in [0.1, 0.15) is 4.70 Å². The number of thiophene rings is 1. The van der Waals surface area contributed by atoms with Gasteiger partial charge < -0.3 is 19.0 Å². The van der Waals surface area contributed by atoms with E-state index in [-0.39, 0.29) is 11.3 Å². The zero-order valence-corrected chi connectivity index (χ0v) is 15.0. The van der Waals surface area contributed by atoms with E-state index in [9.17, 15) is 9.59 Å². The second-order valence-corrected chi connectivity index (χ2v) is 7.44. The molecule has 0 aromatic carbocycles. The first-order chi connectivity index (χ1) is 12.2. The minimum absolute atomic E-state index is 0.0181. The summed E-state index contributed by atoms with van der Waals surface area (Å²) in [5, 5.41) is 1.77. The van der Waals surface area contributed by atoms with Gasteiger partial charge >= 0.3 is 0 Å². The van der Waals surface area contributed by atoms with Crippen LogP contribution in [0.4, 0.5) is 5.88 Å². The monoisotopic (exact) mass is 362 g/mol. The number of nitrogens with zero attached hydrogens (tertiary/aromatic N) is 2. The third-order valence-corrected chi connectivity index (χ3v) is 5.85. The van der Waals surface area contributed by atoms with E-state index in [2.05, 4.69) is 0 Å². The first-order valence-electron chi connectivity index (χ1n) is 8.91. The molecule has 25 heavy (non-hydrogen) atoms. The highest BCUT2D eigenvalue weighted by molar-refractivity contribution is 7.17. The van der Waals surface area contributed by atoms with Crippen LogP contribution in [-0.2, 0) is 4.74 Å². The minimum atomic E-state index is -0.0809. The van der Waals surface area contributed by atoms with Crippen molar-refractivity contribution in [3.05, 3.63) is 27.2 Å². The van der Waals surface area contributed by atoms with E-state index in [4.69, 9.17) is 9.15 Å². The van der Waals surface area contributed by atoms with E-state index >= 15 is 0 Å². The van der Waals surface area contributed by atoms with Crippen molar-refractivity contribution < 1.29 is 13.9 Å². The molecule has 7 heteroatoms. The number of amides is 1. The van der Waals surface area contributed by atoms with Gasteiger partial charge in [-0.3, -0.25) is 9.59 Å². The summed E-state index contributed by atoms with van der Waals surface area (Å²) in [6.45, 7) is 4.17. The zero-order valence-electron chi connectivity index (χ0n) is 14.2. The molecule has 2 aromatic heterocycles. The van der Waals surface area contributed by atoms with E-state index in [1.54, 1.807) is 5.38 Å². The fraction of sp³-hybridized carbons (Fsp3) is 0.556. The van der Waals surface area contributed by atoms with Crippen LogP contribution in [0.1, 0.15) is 36.0 Å². The fourth-order valence-corrected chi connectivity index (χ4v) is 4.34. The van der Waals surface area contributed by atoms with Gasteiger partial charge in [0.15, 0.2) is 11.5 Å². The van der Waals surface area contributed by atoms with Crippen molar-refractivity contribution in [3.63, 3.8) is 0 Å². The maximum absolute atomic E-state index is 13.0. The predicted octanol–water partition coefficient (Wildman–Crippen LogP) is 2.71. The standard InChI is InChI=1S/C18H22N2O4S/c21-14-11-15(19-7-9-23-10-8-19)24-16-13(12-25-17(14)16)18(22)20-5-3-1-2-4-6-20/h11-12H,1-10H2. The Hall–Kier alpha value is -1.86. The molecule has 0 aliphatic carbocycles. The summed E-state index contributed by atoms with van der Waals surface area (Å²) >= 11 is 1.30. The van der Waals surface area contributed by atoms with Crippen LogP contribution in [0.3, 0.4) is 0 Å². The molecule has 134 valence electrons. The number of fused-ring (bicyclic) bond motifs is 1. The van der Waals surface area contributed by atoms with Gasteiger partial charge in [-0.05, 0) is 12.8 Å². The van der Waals surface area contributed by atoms with Gasteiger partial charge in [0.05, 0.1) is 18.8 Å². The molecule has 2 fully saturated rings. The van der Waals surface area contributed by atoms with Crippen LogP contribution in [0.15, 0.2) is 20.7 Å². The lowest BCUT2D eigenvalue weighted by molar-refractivity contribution is 0.0763. The Labute approximate surface area is 150 Å². The number of anilines is 1. The fourth-order valence-electron chi connectivity index (χ4n) is 3.46. The number of hydrogen-bond acceptors (Lipinski definition) is 6. The smallest absolute Gasteiger partial charge is 0.258 e. The highest BCUT2D eigenvalue weighted by Crippen LogP contribution is 2.29. The average Bonchev–Trinajstić information content (AvgIpc) is 2.88. The number of likely N-dealkylation sites (tertiary alicyclic amines) is 1. The predicted molar refractivity (Wildman–Crippen MR) is 97.8 cm³/mol. The van der Waals surface area contributed by atoms with Gasteiger partial charge in [0.25, 0.3) is 5.91 Å². The van der Waals surface area contributed by atoms with Crippen LogP contribution in [-0.4, -0.2) is 50.2 Å². The second-order valence-electron chi connectivity index (χ2n) is 6.56. The normalized spacial score (nSPS) is 19.2. The first kappa shape index (κ1) is 16.6. The molecule has 0 radical (unpaired) electrons. The highest BCUT2D eigenvalue weighted by Gasteiger charge is 2.24. The lowest BCUT2D eigenvalue weighted by atomic mass is 10.2. The van der Waals surface area contributed by atoms with Crippen LogP contribution in [0, 0.1) is 0 Å². The number of rotatable bonds is 2. The molecule has 4 rings (SSSR count). The van der Waals surface area contributed by atoms with Crippen LogP contribution >= 0.6 is 11.3 Å². The van der Waals surface area contributed by atoms with Crippen molar-refractivity contribution >= 4 is 33.4 Å². The summed E-state index contributed by atoms with van der Waals surface area (Å²) in [5.74, 6) is 0.513. The van der Waals surface area contributed by atoms with Crippen molar-refractivity contribution in [2.75, 3.05) is 44.3 Å². The van der Waals surface area contributed by atoms with Gasteiger partial charge in [0.2, 0.25) is 5.43 Å². The lowest BCUT2D eigenvalue weighted by Crippen LogP contribution is -2.36. The molecule has 0 saturated carbocycles. The molecular weight excluding hydrogens is 340 g/mol. The van der Waals surface area contributed by atoms with Crippen molar-refractivity contribution in [2.45, 2.75) is 25.7 Å². The Bertz CT molecular complexity index is 814. The Morgan fingerprint density at radius 3 is 2.48 bits per heavy atom. The maximum atomic E-state index is 13.0. The summed E-state index contributed by atoms with van der Waals surface area (Å²) < 4.78 is 11.9. The number of carbonyl (C=O) groups is 1. The first-order valence-corrected chi connectivity index (χ1v) is 9.79. The van der Waals surface area contributed by atoms with Crippen LogP contribution in [0.5, 0.6) is 0 Å². The Morgan fingerprint density at radius 1 is 1.04 bits per heavy atom. The lowest BCUT2D eigenvalue weighted by Gasteiger charge is -2.27. The minimum Gasteiger partial charge on any atom is -0.439 e. The van der Waals surface area contributed by atoms with Crippen molar-refractivity contribution in [2.24, 2.45) is 0 Å². The van der Waals surface area contributed by atoms with Crippen molar-refractivity contribution in [3.8, 4) is 0 Å². The molecule has 1 amide bonds. The van der Waals surface area contributed by atoms with Crippen molar-refractivity contribution in [1.29, 1.82) is 0 Å². The van der Waals surface area contributed by atoms with Gasteiger partial charge in [-0.1, -0.05) is 12.8 Å². The molecule has 2 aliphatic heterocycles. The maximum Gasteiger partial charge on any atom is 0.258 e. The summed E-state index contributed by atoms with van der Waals surface area (Å²) in [5.41, 5.74) is 0.880. The quantitative estimate of drug-likeness (QED) is 0.822. The van der Waals surface area contributed by atoms with E-state index in [0.29, 0.717) is 48.0 Å². The SMILES string of the molecule is O=C(c1csc2c(=O)cc(N3CCOCC3)oc12)N1CCCCCC1. The Kier molecular flexibility index (Phi) is 4.76. The molecule has 2 aromatic rings. The molecule has 0 spiro atoms. The summed E-state index contributed by atoms with van der Waals surface area (Å²) in [4.78, 5) is 29.3. The van der Waals surface area contributed by atoms with Crippen LogP contribution in [0.2, 0.25) is 0 Å². The zero-order chi connectivity index (χ0) is 17.2. The molecule has 2 saturated heterocycles.